The van der Waals surface area contributed by atoms with Crippen LogP contribution in [0.2, 0.25) is 5.15 Å². The number of hydrogen-bond donors (Lipinski definition) is 1. The second kappa shape index (κ2) is 9.78. The van der Waals surface area contributed by atoms with Crippen LogP contribution in [0.25, 0.3) is 0 Å². The molecule has 0 fully saturated rings. The molecule has 0 unspecified atom stereocenters. The predicted octanol–water partition coefficient (Wildman–Crippen LogP) is 4.38. The minimum Gasteiger partial charge on any atom is -0.478 e. The number of anilines is 1. The molecule has 0 atom stereocenters. The van der Waals surface area contributed by atoms with Crippen molar-refractivity contribution < 1.29 is 23.1 Å². The molecule has 0 aliphatic carbocycles. The first-order valence-corrected chi connectivity index (χ1v) is 12.3. The van der Waals surface area contributed by atoms with Gasteiger partial charge in [0, 0.05) is 18.4 Å². The number of halogens is 1. The van der Waals surface area contributed by atoms with E-state index in [1.54, 1.807) is 12.1 Å². The van der Waals surface area contributed by atoms with Gasteiger partial charge in [-0.2, -0.15) is 0 Å². The smallest absolute Gasteiger partial charge is 0.338 e. The molecule has 1 aromatic heterocycles. The van der Waals surface area contributed by atoms with Crippen molar-refractivity contribution in [1.82, 2.24) is 4.98 Å². The van der Waals surface area contributed by atoms with E-state index in [2.05, 4.69) is 11.9 Å². The fourth-order valence-electron chi connectivity index (χ4n) is 3.72. The molecule has 2 heterocycles. The first kappa shape index (κ1) is 23.2. The lowest BCUT2D eigenvalue weighted by Gasteiger charge is -2.19. The van der Waals surface area contributed by atoms with Crippen molar-refractivity contribution in [2.24, 2.45) is 0 Å². The Balaban J connectivity index is 1.80. The third-order valence-corrected chi connectivity index (χ3v) is 7.40. The minimum absolute atomic E-state index is 0.0214. The van der Waals surface area contributed by atoms with Gasteiger partial charge in [-0.25, -0.2) is 18.2 Å². The highest BCUT2D eigenvalue weighted by Gasteiger charge is 2.30. The molecule has 1 N–H and O–H groups in total. The number of pyridine rings is 1. The van der Waals surface area contributed by atoms with E-state index in [0.717, 1.165) is 37.4 Å². The molecule has 9 heteroatoms. The molecule has 1 aliphatic heterocycles. The molecule has 2 aromatic rings. The molecule has 1 aliphatic rings. The van der Waals surface area contributed by atoms with Gasteiger partial charge in [-0.1, -0.05) is 44.2 Å². The van der Waals surface area contributed by atoms with Gasteiger partial charge in [0.2, 0.25) is 0 Å². The number of carbonyl (C=O) groups is 2. The van der Waals surface area contributed by atoms with Crippen LogP contribution in [-0.2, 0) is 16.3 Å². The number of amides is 1. The molecule has 0 bridgehead atoms. The average molecular weight is 465 g/mol. The van der Waals surface area contributed by atoms with Crippen molar-refractivity contribution in [2.45, 2.75) is 50.3 Å². The molecule has 0 saturated carbocycles. The maximum absolute atomic E-state index is 13.1. The molecule has 7 nitrogen and oxygen atoms in total. The molecular weight excluding hydrogens is 440 g/mol. The molecule has 1 aromatic carbocycles. The maximum Gasteiger partial charge on any atom is 0.338 e. The highest BCUT2D eigenvalue weighted by Crippen LogP contribution is 2.32. The fourth-order valence-corrected chi connectivity index (χ4v) is 5.29. The van der Waals surface area contributed by atoms with Gasteiger partial charge in [0.25, 0.3) is 5.91 Å². The summed E-state index contributed by atoms with van der Waals surface area (Å²) in [6.45, 7) is 2.44. The second-order valence-electron chi connectivity index (χ2n) is 7.59. The van der Waals surface area contributed by atoms with Gasteiger partial charge in [-0.15, -0.1) is 0 Å². The van der Waals surface area contributed by atoms with Gasteiger partial charge >= 0.3 is 5.97 Å². The number of aromatic carboxylic acids is 1. The van der Waals surface area contributed by atoms with E-state index in [1.807, 2.05) is 0 Å². The fraction of sp³-hybridized carbons (Fsp3) is 0.409. The number of carbonyl (C=O) groups excluding carboxylic acids is 1. The van der Waals surface area contributed by atoms with Crippen molar-refractivity contribution in [2.75, 3.05) is 17.2 Å². The average Bonchev–Trinajstić information content (AvgIpc) is 3.16. The summed E-state index contributed by atoms with van der Waals surface area (Å²) in [5, 5.41) is 9.39. The topological polar surface area (TPSA) is 105 Å². The highest BCUT2D eigenvalue weighted by molar-refractivity contribution is 7.91. The molecule has 1 amide bonds. The third-order valence-electron chi connectivity index (χ3n) is 5.40. The van der Waals surface area contributed by atoms with Crippen molar-refractivity contribution in [1.29, 1.82) is 0 Å². The normalized spacial score (nSPS) is 13.3. The van der Waals surface area contributed by atoms with E-state index in [0.29, 0.717) is 25.1 Å². The quantitative estimate of drug-likeness (QED) is 0.436. The number of benzene rings is 1. The Hall–Kier alpha value is -2.45. The zero-order valence-corrected chi connectivity index (χ0v) is 18.9. The first-order valence-electron chi connectivity index (χ1n) is 10.3. The summed E-state index contributed by atoms with van der Waals surface area (Å²) in [5.41, 5.74) is 1.04. The number of hydrogen-bond acceptors (Lipinski definition) is 5. The summed E-state index contributed by atoms with van der Waals surface area (Å²) in [5.74, 6) is -1.67. The van der Waals surface area contributed by atoms with Crippen molar-refractivity contribution >= 4 is 39.0 Å². The van der Waals surface area contributed by atoms with Gasteiger partial charge in [-0.05, 0) is 42.7 Å². The number of nitrogens with zero attached hydrogens (tertiary/aromatic N) is 2. The Bertz CT molecular complexity index is 1100. The zero-order valence-electron chi connectivity index (χ0n) is 17.3. The van der Waals surface area contributed by atoms with E-state index in [1.165, 1.54) is 17.0 Å². The molecule has 0 saturated heterocycles. The van der Waals surface area contributed by atoms with E-state index < -0.39 is 21.7 Å². The number of carboxylic acids is 1. The molecule has 3 rings (SSSR count). The number of aromatic nitrogens is 1. The Labute approximate surface area is 187 Å². The molecule has 0 radical (unpaired) electrons. The number of fused-ring (bicyclic) bond motifs is 1. The summed E-state index contributed by atoms with van der Waals surface area (Å²) < 4.78 is 25.4. The standard InChI is InChI=1S/C22H25ClN2O5S/c1-2-3-4-5-6-11-31(29,30)16-7-8-19-15(12-16)9-10-25(19)21(26)17-13-20(23)24-14-18(17)22(27)28/h7-8,12-14H,2-6,9-11H2,1H3,(H,27,28). The second-order valence-corrected chi connectivity index (χ2v) is 10.1. The SMILES string of the molecule is CCCCCCCS(=O)(=O)c1ccc2c(c1)CCN2C(=O)c1cc(Cl)ncc1C(=O)O. The van der Waals surface area contributed by atoms with Gasteiger partial charge in [-0.3, -0.25) is 4.79 Å². The van der Waals surface area contributed by atoms with E-state index in [9.17, 15) is 23.1 Å². The summed E-state index contributed by atoms with van der Waals surface area (Å²) in [6, 6.07) is 6.00. The minimum atomic E-state index is -3.39. The van der Waals surface area contributed by atoms with Crippen LogP contribution >= 0.6 is 11.6 Å². The summed E-state index contributed by atoms with van der Waals surface area (Å²) in [7, 11) is -3.39. The van der Waals surface area contributed by atoms with Gasteiger partial charge in [0.05, 0.1) is 21.8 Å². The lowest BCUT2D eigenvalue weighted by molar-refractivity contribution is 0.0691. The highest BCUT2D eigenvalue weighted by atomic mass is 35.5. The maximum atomic E-state index is 13.1. The Kier molecular flexibility index (Phi) is 7.33. The van der Waals surface area contributed by atoms with Crippen LogP contribution in [0.15, 0.2) is 35.4 Å². The molecule has 0 spiro atoms. The largest absolute Gasteiger partial charge is 0.478 e. The monoisotopic (exact) mass is 464 g/mol. The number of rotatable bonds is 9. The zero-order chi connectivity index (χ0) is 22.6. The Morgan fingerprint density at radius 1 is 1.13 bits per heavy atom. The molecule has 31 heavy (non-hydrogen) atoms. The van der Waals surface area contributed by atoms with Crippen LogP contribution in [0.1, 0.15) is 65.3 Å². The van der Waals surface area contributed by atoms with E-state index in [4.69, 9.17) is 11.6 Å². The molecular formula is C22H25ClN2O5S. The predicted molar refractivity (Wildman–Crippen MR) is 119 cm³/mol. The third kappa shape index (κ3) is 5.25. The van der Waals surface area contributed by atoms with Crippen molar-refractivity contribution in [3.05, 3.63) is 52.3 Å². The van der Waals surface area contributed by atoms with Gasteiger partial charge in [0.15, 0.2) is 9.84 Å². The summed E-state index contributed by atoms with van der Waals surface area (Å²) in [4.78, 5) is 30.0. The Morgan fingerprint density at radius 3 is 2.58 bits per heavy atom. The van der Waals surface area contributed by atoms with Crippen LogP contribution in [0.5, 0.6) is 0 Å². The summed E-state index contributed by atoms with van der Waals surface area (Å²) >= 11 is 5.87. The van der Waals surface area contributed by atoms with Gasteiger partial charge < -0.3 is 10.0 Å². The summed E-state index contributed by atoms with van der Waals surface area (Å²) in [6.07, 6.45) is 6.31. The lowest BCUT2D eigenvalue weighted by Crippen LogP contribution is -2.30. The Morgan fingerprint density at radius 2 is 1.87 bits per heavy atom. The van der Waals surface area contributed by atoms with Crippen LogP contribution in [0, 0.1) is 0 Å². The number of unbranched alkanes of at least 4 members (excludes halogenated alkanes) is 4. The molecule has 166 valence electrons. The van der Waals surface area contributed by atoms with Gasteiger partial charge in [0.1, 0.15) is 5.15 Å². The van der Waals surface area contributed by atoms with Crippen LogP contribution < -0.4 is 4.90 Å². The van der Waals surface area contributed by atoms with Crippen LogP contribution in [0.4, 0.5) is 5.69 Å². The number of sulfone groups is 1. The lowest BCUT2D eigenvalue weighted by atomic mass is 10.1. The van der Waals surface area contributed by atoms with E-state index >= 15 is 0 Å². The van der Waals surface area contributed by atoms with Crippen molar-refractivity contribution in [3.63, 3.8) is 0 Å². The number of carboxylic acid groups (broad SMARTS) is 1. The first-order chi connectivity index (χ1) is 14.7. The van der Waals surface area contributed by atoms with Crippen LogP contribution in [0.3, 0.4) is 0 Å². The van der Waals surface area contributed by atoms with Crippen LogP contribution in [-0.4, -0.2) is 42.7 Å². The van der Waals surface area contributed by atoms with Crippen molar-refractivity contribution in [3.8, 4) is 0 Å². The van der Waals surface area contributed by atoms with E-state index in [-0.39, 0.29) is 26.9 Å².